The maximum Gasteiger partial charge on any atom is 0.174 e. The van der Waals surface area contributed by atoms with E-state index in [1.54, 1.807) is 11.3 Å². The Morgan fingerprint density at radius 3 is 2.48 bits per heavy atom. The molecule has 0 spiro atoms. The van der Waals surface area contributed by atoms with Crippen molar-refractivity contribution in [3.05, 3.63) is 79.6 Å². The highest BCUT2D eigenvalue weighted by atomic mass is 79.9. The van der Waals surface area contributed by atoms with E-state index in [9.17, 15) is 0 Å². The van der Waals surface area contributed by atoms with Crippen LogP contribution in [0.1, 0.15) is 22.7 Å². The molecule has 0 amide bonds. The highest BCUT2D eigenvalue weighted by molar-refractivity contribution is 9.11. The lowest BCUT2D eigenvalue weighted by Crippen LogP contribution is -2.28. The minimum Gasteiger partial charge on any atom is -0.351 e. The first kappa shape index (κ1) is 17.1. The Morgan fingerprint density at radius 2 is 1.84 bits per heavy atom. The van der Waals surface area contributed by atoms with Crippen LogP contribution in [0.4, 0.5) is 5.69 Å². The minimum atomic E-state index is 0.00268. The second-order valence-electron chi connectivity index (χ2n) is 5.61. The predicted octanol–water partition coefficient (Wildman–Crippen LogP) is 5.85. The van der Waals surface area contributed by atoms with Crippen molar-refractivity contribution >= 4 is 66.2 Å². The third kappa shape index (κ3) is 3.38. The fourth-order valence-electron chi connectivity index (χ4n) is 3.01. The van der Waals surface area contributed by atoms with E-state index in [1.165, 1.54) is 4.88 Å². The number of pyridine rings is 1. The van der Waals surface area contributed by atoms with Gasteiger partial charge in [-0.2, -0.15) is 0 Å². The summed E-state index contributed by atoms with van der Waals surface area (Å²) in [6.07, 6.45) is 1.82. The summed E-state index contributed by atoms with van der Waals surface area (Å²) in [6, 6.07) is 18.5. The van der Waals surface area contributed by atoms with Gasteiger partial charge in [0.1, 0.15) is 0 Å². The van der Waals surface area contributed by atoms with Gasteiger partial charge in [0.2, 0.25) is 0 Å². The quantitative estimate of drug-likeness (QED) is 0.462. The van der Waals surface area contributed by atoms with Gasteiger partial charge in [-0.15, -0.1) is 11.3 Å². The van der Waals surface area contributed by atoms with E-state index >= 15 is 0 Å². The van der Waals surface area contributed by atoms with Crippen molar-refractivity contribution in [1.29, 1.82) is 0 Å². The van der Waals surface area contributed by atoms with Crippen LogP contribution in [-0.4, -0.2) is 10.1 Å². The highest BCUT2D eigenvalue weighted by Gasteiger charge is 2.41. The molecule has 0 aliphatic carbocycles. The molecule has 3 heterocycles. The van der Waals surface area contributed by atoms with Crippen molar-refractivity contribution < 1.29 is 0 Å². The van der Waals surface area contributed by atoms with Crippen LogP contribution in [0.3, 0.4) is 0 Å². The zero-order valence-corrected chi connectivity index (χ0v) is 17.7. The van der Waals surface area contributed by atoms with E-state index in [1.807, 2.05) is 36.5 Å². The molecule has 0 radical (unpaired) electrons. The first-order chi connectivity index (χ1) is 12.1. The molecule has 1 N–H and O–H groups in total. The van der Waals surface area contributed by atoms with Crippen molar-refractivity contribution in [2.45, 2.75) is 12.1 Å². The maximum atomic E-state index is 5.68. The van der Waals surface area contributed by atoms with E-state index < -0.39 is 0 Å². The van der Waals surface area contributed by atoms with Crippen molar-refractivity contribution in [2.75, 3.05) is 4.90 Å². The molecule has 0 bridgehead atoms. The average molecular weight is 495 g/mol. The molecular formula is C18H13Br2N3S2. The van der Waals surface area contributed by atoms with Gasteiger partial charge in [-0.1, -0.05) is 22.0 Å². The molecule has 3 nitrogen and oxygen atoms in total. The molecule has 126 valence electrons. The Bertz CT molecular complexity index is 896. The fourth-order valence-corrected chi connectivity index (χ4v) is 5.17. The molecule has 7 heteroatoms. The summed E-state index contributed by atoms with van der Waals surface area (Å²) in [5.74, 6) is 0. The number of nitrogens with one attached hydrogen (secondary N) is 1. The highest BCUT2D eigenvalue weighted by Crippen LogP contribution is 2.44. The molecule has 2 aromatic heterocycles. The molecule has 1 fully saturated rings. The largest absolute Gasteiger partial charge is 0.351 e. The summed E-state index contributed by atoms with van der Waals surface area (Å²) in [5.41, 5.74) is 2.05. The normalized spacial score (nSPS) is 19.9. The number of nitrogens with zero attached hydrogens (tertiary/aromatic N) is 2. The third-order valence-electron chi connectivity index (χ3n) is 4.09. The van der Waals surface area contributed by atoms with Crippen molar-refractivity contribution in [1.82, 2.24) is 10.3 Å². The van der Waals surface area contributed by atoms with Gasteiger partial charge in [-0.3, -0.25) is 4.98 Å². The van der Waals surface area contributed by atoms with Crippen LogP contribution < -0.4 is 10.2 Å². The van der Waals surface area contributed by atoms with Gasteiger partial charge in [0.05, 0.1) is 21.6 Å². The maximum absolute atomic E-state index is 5.68. The van der Waals surface area contributed by atoms with Crippen LogP contribution in [0.5, 0.6) is 0 Å². The Kier molecular flexibility index (Phi) is 4.90. The van der Waals surface area contributed by atoms with E-state index in [-0.39, 0.29) is 12.1 Å². The van der Waals surface area contributed by atoms with Gasteiger partial charge in [-0.05, 0) is 76.7 Å². The summed E-state index contributed by atoms with van der Waals surface area (Å²) in [4.78, 5) is 7.97. The third-order valence-corrected chi connectivity index (χ3v) is 6.63. The van der Waals surface area contributed by atoms with Crippen LogP contribution in [-0.2, 0) is 0 Å². The Balaban J connectivity index is 1.81. The number of rotatable bonds is 3. The summed E-state index contributed by atoms with van der Waals surface area (Å²) < 4.78 is 2.15. The van der Waals surface area contributed by atoms with E-state index in [2.05, 4.69) is 71.3 Å². The van der Waals surface area contributed by atoms with Crippen LogP contribution in [0, 0.1) is 0 Å². The monoisotopic (exact) mass is 493 g/mol. The van der Waals surface area contributed by atoms with Crippen LogP contribution in [0.25, 0.3) is 0 Å². The molecule has 3 aromatic rings. The smallest absolute Gasteiger partial charge is 0.174 e. The lowest BCUT2D eigenvalue weighted by molar-refractivity contribution is 0.575. The SMILES string of the molecule is S=C1N[C@H](c2ccccn2)[C@@H](c2ccc(Br)s2)N1c1ccc(Br)cc1. The number of benzene rings is 1. The molecule has 1 aromatic carbocycles. The Labute approximate surface area is 172 Å². The van der Waals surface area contributed by atoms with Crippen molar-refractivity contribution in [2.24, 2.45) is 0 Å². The zero-order chi connectivity index (χ0) is 17.4. The molecule has 0 saturated carbocycles. The standard InChI is InChI=1S/C18H13Br2N3S2/c19-11-4-6-12(7-5-11)23-17(14-8-9-15(20)25-14)16(22-18(23)24)13-3-1-2-10-21-13/h1-10,16-17H,(H,22,24)/t16-,17-/m1/s1. The second kappa shape index (κ2) is 7.15. The Hall–Kier alpha value is -1.28. The van der Waals surface area contributed by atoms with Crippen LogP contribution in [0.2, 0.25) is 0 Å². The van der Waals surface area contributed by atoms with Gasteiger partial charge in [0, 0.05) is 21.2 Å². The average Bonchev–Trinajstić information content (AvgIpc) is 3.20. The van der Waals surface area contributed by atoms with Crippen LogP contribution >= 0.6 is 55.4 Å². The Morgan fingerprint density at radius 1 is 1.04 bits per heavy atom. The molecule has 4 rings (SSSR count). The summed E-state index contributed by atoms with van der Waals surface area (Å²) >= 11 is 14.5. The molecular weight excluding hydrogens is 482 g/mol. The lowest BCUT2D eigenvalue weighted by atomic mass is 10.0. The summed E-state index contributed by atoms with van der Waals surface area (Å²) in [7, 11) is 0. The van der Waals surface area contributed by atoms with Crippen LogP contribution in [0.15, 0.2) is 69.1 Å². The van der Waals surface area contributed by atoms with E-state index in [4.69, 9.17) is 12.2 Å². The molecule has 2 atom stereocenters. The number of hydrogen-bond acceptors (Lipinski definition) is 3. The molecule has 1 aliphatic heterocycles. The van der Waals surface area contributed by atoms with Gasteiger partial charge in [-0.25, -0.2) is 0 Å². The topological polar surface area (TPSA) is 28.2 Å². The summed E-state index contributed by atoms with van der Waals surface area (Å²) in [5, 5.41) is 4.18. The molecule has 1 saturated heterocycles. The molecule has 1 aliphatic rings. The number of aromatic nitrogens is 1. The van der Waals surface area contributed by atoms with E-state index in [0.29, 0.717) is 5.11 Å². The lowest BCUT2D eigenvalue weighted by Gasteiger charge is -2.26. The first-order valence-electron chi connectivity index (χ1n) is 7.65. The second-order valence-corrected chi connectivity index (χ2v) is 9.41. The van der Waals surface area contributed by atoms with Gasteiger partial charge in [0.15, 0.2) is 5.11 Å². The van der Waals surface area contributed by atoms with E-state index in [0.717, 1.165) is 19.6 Å². The zero-order valence-electron chi connectivity index (χ0n) is 12.9. The van der Waals surface area contributed by atoms with Crippen molar-refractivity contribution in [3.63, 3.8) is 0 Å². The number of hydrogen-bond donors (Lipinski definition) is 1. The number of halogens is 2. The number of thiocarbonyl (C=S) groups is 1. The summed E-state index contributed by atoms with van der Waals surface area (Å²) in [6.45, 7) is 0. The fraction of sp³-hybridized carbons (Fsp3) is 0.111. The molecule has 0 unspecified atom stereocenters. The van der Waals surface area contributed by atoms with Gasteiger partial charge >= 0.3 is 0 Å². The number of thiophene rings is 1. The van der Waals surface area contributed by atoms with Gasteiger partial charge < -0.3 is 10.2 Å². The predicted molar refractivity (Wildman–Crippen MR) is 114 cm³/mol. The number of anilines is 1. The first-order valence-corrected chi connectivity index (χ1v) is 10.5. The minimum absolute atomic E-state index is 0.00268. The molecule has 25 heavy (non-hydrogen) atoms. The van der Waals surface area contributed by atoms with Gasteiger partial charge in [0.25, 0.3) is 0 Å². The van der Waals surface area contributed by atoms with Crippen molar-refractivity contribution in [3.8, 4) is 0 Å².